The van der Waals surface area contributed by atoms with Gasteiger partial charge < -0.3 is 44.2 Å². The Balaban J connectivity index is 1.29. The Kier molecular flexibility index (Phi) is 7.68. The third-order valence-corrected chi connectivity index (χ3v) is 12.5. The number of rotatable bonds is 4. The quantitative estimate of drug-likeness (QED) is 0.249. The van der Waals surface area contributed by atoms with E-state index in [0.717, 1.165) is 5.56 Å². The van der Waals surface area contributed by atoms with Crippen molar-refractivity contribution in [3.63, 3.8) is 0 Å². The third kappa shape index (κ3) is 4.56. The molecule has 0 spiro atoms. The minimum Gasteiger partial charge on any atom is -0.462 e. The Hall–Kier alpha value is -1.86. The molecule has 14 atom stereocenters. The summed E-state index contributed by atoms with van der Waals surface area (Å²) >= 11 is 0. The van der Waals surface area contributed by atoms with Crippen molar-refractivity contribution in [3.8, 4) is 0 Å². The van der Waals surface area contributed by atoms with E-state index in [4.69, 9.17) is 18.6 Å². The van der Waals surface area contributed by atoms with E-state index in [-0.39, 0.29) is 30.3 Å². The third-order valence-electron chi connectivity index (χ3n) is 12.5. The first-order chi connectivity index (χ1) is 20.1. The van der Waals surface area contributed by atoms with Gasteiger partial charge in [-0.15, -0.1) is 0 Å². The molecule has 11 heteroatoms. The number of hydrogen-bond donors (Lipinski definition) is 5. The van der Waals surface area contributed by atoms with Crippen LogP contribution in [0.2, 0.25) is 0 Å². The van der Waals surface area contributed by atoms with Crippen molar-refractivity contribution in [1.29, 1.82) is 0 Å². The Bertz CT molecular complexity index is 1260. The van der Waals surface area contributed by atoms with Crippen LogP contribution in [0.3, 0.4) is 0 Å². The van der Waals surface area contributed by atoms with Crippen LogP contribution < -0.4 is 5.63 Å². The van der Waals surface area contributed by atoms with Crippen LogP contribution >= 0.6 is 0 Å². The van der Waals surface area contributed by atoms with Gasteiger partial charge in [-0.2, -0.15) is 0 Å². The van der Waals surface area contributed by atoms with Crippen molar-refractivity contribution in [2.75, 3.05) is 0 Å². The number of aliphatic hydroxyl groups excluding tert-OH is 3. The monoisotopic (exact) mass is 606 g/mol. The smallest absolute Gasteiger partial charge is 0.335 e. The van der Waals surface area contributed by atoms with Gasteiger partial charge >= 0.3 is 11.6 Å². The number of fused-ring (bicyclic) bond motifs is 5. The fourth-order valence-corrected chi connectivity index (χ4v) is 10.2. The van der Waals surface area contributed by atoms with Gasteiger partial charge in [0, 0.05) is 30.7 Å². The highest BCUT2D eigenvalue weighted by Gasteiger charge is 2.75. The maximum atomic E-state index is 12.8. The predicted molar refractivity (Wildman–Crippen MR) is 151 cm³/mol. The maximum absolute atomic E-state index is 12.8. The van der Waals surface area contributed by atoms with Crippen molar-refractivity contribution in [2.24, 2.45) is 22.7 Å². The minimum absolute atomic E-state index is 0.0808. The summed E-state index contributed by atoms with van der Waals surface area (Å²) in [6, 6.07) is 3.14. The fraction of sp³-hybridized carbons (Fsp3) is 0.812. The Labute approximate surface area is 251 Å². The summed E-state index contributed by atoms with van der Waals surface area (Å²) in [6.45, 7) is 7.10. The topological polar surface area (TPSA) is 176 Å². The van der Waals surface area contributed by atoms with Crippen molar-refractivity contribution in [2.45, 2.75) is 139 Å². The number of carbonyl (C=O) groups excluding carboxylic acids is 1. The average molecular weight is 607 g/mol. The molecule has 1 aromatic rings. The highest BCUT2D eigenvalue weighted by molar-refractivity contribution is 5.66. The van der Waals surface area contributed by atoms with Crippen LogP contribution in [-0.2, 0) is 19.0 Å². The van der Waals surface area contributed by atoms with E-state index >= 15 is 0 Å². The summed E-state index contributed by atoms with van der Waals surface area (Å²) in [5.41, 5.74) is -3.78. The molecule has 1 aliphatic heterocycles. The summed E-state index contributed by atoms with van der Waals surface area (Å²) in [4.78, 5) is 24.0. The van der Waals surface area contributed by atoms with Crippen LogP contribution in [0.5, 0.6) is 0 Å². The van der Waals surface area contributed by atoms with E-state index in [2.05, 4.69) is 6.92 Å². The first-order valence-electron chi connectivity index (χ1n) is 15.7. The summed E-state index contributed by atoms with van der Waals surface area (Å²) in [5.74, 6) is -1.05. The van der Waals surface area contributed by atoms with Crippen LogP contribution in [-0.4, -0.2) is 85.6 Å². The van der Waals surface area contributed by atoms with Crippen LogP contribution in [0.25, 0.3) is 0 Å². The number of hydrogen-bond acceptors (Lipinski definition) is 11. The molecule has 0 unspecified atom stereocenters. The second kappa shape index (κ2) is 10.6. The van der Waals surface area contributed by atoms with E-state index in [1.807, 2.05) is 6.92 Å². The van der Waals surface area contributed by atoms with Gasteiger partial charge in [0.2, 0.25) is 0 Å². The molecule has 2 heterocycles. The summed E-state index contributed by atoms with van der Waals surface area (Å²) in [7, 11) is 0. The molecule has 1 saturated heterocycles. The molecule has 11 nitrogen and oxygen atoms in total. The van der Waals surface area contributed by atoms with E-state index in [9.17, 15) is 35.1 Å². The normalized spacial score (nSPS) is 51.2. The lowest BCUT2D eigenvalue weighted by Gasteiger charge is -2.68. The molecular formula is C32H46O11. The standard InChI is InChI=1S/C32H46O11/c1-16-25(35)26(36)27(37)28(41-16)43-19-7-10-29(3)21(13-19)22(42-17(2)33)14-31(38)23(29)9-11-30(4)20(8-12-32(30,31)39)18-5-6-24(34)40-15-18/h5-6,15-16,19-23,25-28,35-39H,7-14H2,1-4H3/t16-,19-,20+,21+,22+,23+,25-,26+,27-,28-,29-,30+,31-,32+/m0/s1. The van der Waals surface area contributed by atoms with Gasteiger partial charge in [0.25, 0.3) is 0 Å². The largest absolute Gasteiger partial charge is 0.462 e. The highest BCUT2D eigenvalue weighted by Crippen LogP contribution is 2.72. The van der Waals surface area contributed by atoms with Crippen molar-refractivity contribution >= 4 is 5.97 Å². The van der Waals surface area contributed by atoms with E-state index in [1.54, 1.807) is 13.0 Å². The van der Waals surface area contributed by atoms with Crippen molar-refractivity contribution < 1.29 is 49.0 Å². The molecule has 5 aliphatic rings. The molecule has 4 saturated carbocycles. The Morgan fingerprint density at radius 1 is 1.00 bits per heavy atom. The molecule has 43 heavy (non-hydrogen) atoms. The molecule has 5 N–H and O–H groups in total. The van der Waals surface area contributed by atoms with Gasteiger partial charge in [-0.05, 0) is 80.8 Å². The van der Waals surface area contributed by atoms with E-state index < -0.39 is 70.4 Å². The number of carbonyl (C=O) groups is 1. The van der Waals surface area contributed by atoms with Crippen LogP contribution in [0.1, 0.15) is 90.5 Å². The molecule has 0 radical (unpaired) electrons. The molecule has 6 rings (SSSR count). The lowest BCUT2D eigenvalue weighted by molar-refractivity contribution is -0.327. The predicted octanol–water partition coefficient (Wildman–Crippen LogP) is 1.75. The summed E-state index contributed by atoms with van der Waals surface area (Å²) < 4.78 is 23.0. The zero-order chi connectivity index (χ0) is 31.1. The number of esters is 1. The molecule has 0 aromatic carbocycles. The SMILES string of the molecule is CC(=O)O[C@@H]1C[C@]2(O)[C@H](CC[C@]3(C)[C@@H](c4ccc(=O)oc4)CC[C@@]32O)[C@@]2(C)CC[C@H](O[C@@H]3O[C@@H](C)[C@H](O)[C@@H](O)[C@@H]3O)C[C@H]12. The summed E-state index contributed by atoms with van der Waals surface area (Å²) in [6.07, 6.45) is -1.42. The van der Waals surface area contributed by atoms with Gasteiger partial charge in [-0.3, -0.25) is 4.79 Å². The number of ether oxygens (including phenoxy) is 3. The zero-order valence-electron chi connectivity index (χ0n) is 25.3. The summed E-state index contributed by atoms with van der Waals surface area (Å²) in [5, 5.41) is 56.3. The van der Waals surface area contributed by atoms with Gasteiger partial charge in [0.05, 0.1) is 24.1 Å². The lowest BCUT2D eigenvalue weighted by Crippen LogP contribution is -2.75. The number of aliphatic hydroxyl groups is 5. The molecule has 0 bridgehead atoms. The second-order valence-corrected chi connectivity index (χ2v) is 14.5. The van der Waals surface area contributed by atoms with Gasteiger partial charge in [0.15, 0.2) is 6.29 Å². The highest BCUT2D eigenvalue weighted by atomic mass is 16.7. The molecule has 1 aromatic heterocycles. The van der Waals surface area contributed by atoms with Gasteiger partial charge in [-0.1, -0.05) is 13.8 Å². The maximum Gasteiger partial charge on any atom is 0.335 e. The average Bonchev–Trinajstić information content (AvgIpc) is 3.23. The first-order valence-corrected chi connectivity index (χ1v) is 15.7. The van der Waals surface area contributed by atoms with E-state index in [1.165, 1.54) is 19.3 Å². The minimum atomic E-state index is -1.53. The molecular weight excluding hydrogens is 560 g/mol. The van der Waals surface area contributed by atoms with Crippen molar-refractivity contribution in [1.82, 2.24) is 0 Å². The first kappa shape index (κ1) is 31.1. The molecule has 0 amide bonds. The Morgan fingerprint density at radius 3 is 2.42 bits per heavy atom. The van der Waals surface area contributed by atoms with E-state index in [0.29, 0.717) is 44.9 Å². The Morgan fingerprint density at radius 2 is 1.74 bits per heavy atom. The fourth-order valence-electron chi connectivity index (χ4n) is 10.2. The van der Waals surface area contributed by atoms with Gasteiger partial charge in [-0.25, -0.2) is 4.79 Å². The van der Waals surface area contributed by atoms with Crippen molar-refractivity contribution in [3.05, 3.63) is 34.4 Å². The lowest BCUT2D eigenvalue weighted by atomic mass is 9.40. The molecule has 4 aliphatic carbocycles. The molecule has 5 fully saturated rings. The second-order valence-electron chi connectivity index (χ2n) is 14.5. The molecule has 240 valence electrons. The van der Waals surface area contributed by atoms with Crippen LogP contribution in [0.4, 0.5) is 0 Å². The zero-order valence-corrected chi connectivity index (χ0v) is 25.3. The van der Waals surface area contributed by atoms with Crippen LogP contribution in [0, 0.1) is 22.7 Å². The van der Waals surface area contributed by atoms with Gasteiger partial charge in [0.1, 0.15) is 30.0 Å². The van der Waals surface area contributed by atoms with Crippen LogP contribution in [0.15, 0.2) is 27.6 Å².